The molecule has 1 aliphatic carbocycles. The van der Waals surface area contributed by atoms with Gasteiger partial charge >= 0.3 is 5.97 Å². The van der Waals surface area contributed by atoms with Crippen molar-refractivity contribution in [3.8, 4) is 0 Å². The Labute approximate surface area is 150 Å². The quantitative estimate of drug-likeness (QED) is 0.857. The van der Waals surface area contributed by atoms with Gasteiger partial charge in [0.25, 0.3) is 0 Å². The highest BCUT2D eigenvalue weighted by atomic mass is 16.5. The van der Waals surface area contributed by atoms with E-state index >= 15 is 0 Å². The zero-order valence-electron chi connectivity index (χ0n) is 14.8. The minimum Gasteiger partial charge on any atom is -0.461 e. The van der Waals surface area contributed by atoms with Crippen LogP contribution in [0.5, 0.6) is 0 Å². The second-order valence-corrected chi connectivity index (χ2v) is 7.90. The van der Waals surface area contributed by atoms with Crippen molar-refractivity contribution < 1.29 is 14.6 Å². The third kappa shape index (κ3) is 3.47. The van der Waals surface area contributed by atoms with Crippen LogP contribution in [0, 0.1) is 5.92 Å². The topological polar surface area (TPSA) is 49.8 Å². The minimum atomic E-state index is -0.550. The maximum Gasteiger partial charge on any atom is 0.313 e. The van der Waals surface area contributed by atoms with Gasteiger partial charge in [-0.3, -0.25) is 9.69 Å². The Morgan fingerprint density at radius 1 is 1.00 bits per heavy atom. The van der Waals surface area contributed by atoms with Gasteiger partial charge in [-0.15, -0.1) is 0 Å². The van der Waals surface area contributed by atoms with Crippen molar-refractivity contribution in [2.75, 3.05) is 13.1 Å². The fourth-order valence-electron chi connectivity index (χ4n) is 5.13. The van der Waals surface area contributed by atoms with E-state index in [9.17, 15) is 9.90 Å². The average molecular weight is 343 g/mol. The molecule has 2 heterocycles. The van der Waals surface area contributed by atoms with Gasteiger partial charge in [0.2, 0.25) is 0 Å². The number of hydrogen-bond donors (Lipinski definition) is 1. The first-order chi connectivity index (χ1) is 12.2. The van der Waals surface area contributed by atoms with Crippen molar-refractivity contribution >= 4 is 5.97 Å². The fraction of sp³-hybridized carbons (Fsp3) is 0.667. The first kappa shape index (κ1) is 17.0. The number of esters is 1. The van der Waals surface area contributed by atoms with Gasteiger partial charge in [0.05, 0.1) is 12.0 Å². The Kier molecular flexibility index (Phi) is 5.09. The molecule has 3 aliphatic rings. The molecule has 4 rings (SSSR count). The Morgan fingerprint density at radius 2 is 1.80 bits per heavy atom. The number of nitrogens with zero attached hydrogens (tertiary/aromatic N) is 1. The normalized spacial score (nSPS) is 36.0. The molecule has 2 aliphatic heterocycles. The molecule has 0 bridgehead atoms. The summed E-state index contributed by atoms with van der Waals surface area (Å²) in [6.45, 7) is 1.96. The number of hydrogen-bond acceptors (Lipinski definition) is 4. The molecule has 5 atom stereocenters. The highest BCUT2D eigenvalue weighted by Gasteiger charge is 2.45. The monoisotopic (exact) mass is 343 g/mol. The molecule has 1 aromatic carbocycles. The summed E-state index contributed by atoms with van der Waals surface area (Å²) >= 11 is 0. The summed E-state index contributed by atoms with van der Waals surface area (Å²) in [5.74, 6) is -0.245. The van der Waals surface area contributed by atoms with Crippen LogP contribution < -0.4 is 0 Å². The summed E-state index contributed by atoms with van der Waals surface area (Å²) in [6, 6.07) is 10.6. The molecule has 4 heteroatoms. The predicted octanol–water partition coefficient (Wildman–Crippen LogP) is 3.10. The second kappa shape index (κ2) is 7.46. The van der Waals surface area contributed by atoms with E-state index in [4.69, 9.17) is 4.74 Å². The van der Waals surface area contributed by atoms with Crippen LogP contribution >= 0.6 is 0 Å². The molecular formula is C21H29NO3. The molecule has 1 N–H and O–H groups in total. The van der Waals surface area contributed by atoms with E-state index in [1.165, 1.54) is 12.0 Å². The van der Waals surface area contributed by atoms with Crippen molar-refractivity contribution in [2.45, 2.75) is 69.1 Å². The smallest absolute Gasteiger partial charge is 0.313 e. The summed E-state index contributed by atoms with van der Waals surface area (Å²) in [7, 11) is 0. The van der Waals surface area contributed by atoms with Crippen LogP contribution in [0.15, 0.2) is 30.3 Å². The minimum absolute atomic E-state index is 0.0485. The summed E-state index contributed by atoms with van der Waals surface area (Å²) in [5, 5.41) is 10.5. The maximum atomic E-state index is 13.0. The number of carbonyl (C=O) groups excluding carboxylic acids is 1. The van der Waals surface area contributed by atoms with Gasteiger partial charge in [0, 0.05) is 18.5 Å². The zero-order valence-corrected chi connectivity index (χ0v) is 14.8. The Balaban J connectivity index is 1.48. The molecule has 1 saturated carbocycles. The van der Waals surface area contributed by atoms with E-state index in [1.54, 1.807) is 0 Å². The summed E-state index contributed by atoms with van der Waals surface area (Å²) in [6.07, 6.45) is 6.52. The second-order valence-electron chi connectivity index (χ2n) is 7.90. The van der Waals surface area contributed by atoms with Crippen molar-refractivity contribution in [3.05, 3.63) is 35.9 Å². The van der Waals surface area contributed by atoms with Gasteiger partial charge in [0.15, 0.2) is 0 Å². The molecule has 25 heavy (non-hydrogen) atoms. The Hall–Kier alpha value is -1.39. The summed E-state index contributed by atoms with van der Waals surface area (Å²) in [5.41, 5.74) is 1.27. The summed E-state index contributed by atoms with van der Waals surface area (Å²) in [4.78, 5) is 15.4. The number of piperidine rings is 1. The highest BCUT2D eigenvalue weighted by Crippen LogP contribution is 2.37. The largest absolute Gasteiger partial charge is 0.461 e. The van der Waals surface area contributed by atoms with Crippen molar-refractivity contribution in [1.29, 1.82) is 0 Å². The lowest BCUT2D eigenvalue weighted by Crippen LogP contribution is -2.52. The Morgan fingerprint density at radius 3 is 2.64 bits per heavy atom. The highest BCUT2D eigenvalue weighted by molar-refractivity contribution is 5.74. The third-order valence-electron chi connectivity index (χ3n) is 6.43. The number of aliphatic hydroxyl groups excluding tert-OH is 1. The van der Waals surface area contributed by atoms with Crippen LogP contribution in [0.1, 0.15) is 56.4 Å². The lowest BCUT2D eigenvalue weighted by atomic mass is 9.81. The third-order valence-corrected chi connectivity index (χ3v) is 6.43. The van der Waals surface area contributed by atoms with Gasteiger partial charge in [-0.25, -0.2) is 0 Å². The van der Waals surface area contributed by atoms with Crippen molar-refractivity contribution in [1.82, 2.24) is 4.90 Å². The SMILES string of the molecule is O=C(O[C@@H]1CCCC[C@H]1c1ccccc1)[C@@H]1[C@H](O)CCN2CCC[C@H]12. The molecule has 4 nitrogen and oxygen atoms in total. The van der Waals surface area contributed by atoms with Crippen molar-refractivity contribution in [2.24, 2.45) is 5.92 Å². The number of ether oxygens (including phenoxy) is 1. The number of benzene rings is 1. The van der Waals surface area contributed by atoms with E-state index in [0.29, 0.717) is 12.3 Å². The number of fused-ring (bicyclic) bond motifs is 1. The van der Waals surface area contributed by atoms with Crippen LogP contribution in [0.2, 0.25) is 0 Å². The molecule has 3 fully saturated rings. The van der Waals surface area contributed by atoms with Crippen LogP contribution in [0.4, 0.5) is 0 Å². The molecule has 136 valence electrons. The molecule has 0 unspecified atom stereocenters. The zero-order chi connectivity index (χ0) is 17.2. The van der Waals surface area contributed by atoms with Gasteiger partial charge < -0.3 is 9.84 Å². The molecule has 1 aromatic rings. The van der Waals surface area contributed by atoms with Crippen molar-refractivity contribution in [3.63, 3.8) is 0 Å². The van der Waals surface area contributed by atoms with Crippen LogP contribution in [0.3, 0.4) is 0 Å². The molecule has 0 radical (unpaired) electrons. The van der Waals surface area contributed by atoms with Gasteiger partial charge in [-0.1, -0.05) is 36.8 Å². The number of aliphatic hydroxyl groups is 1. The average Bonchev–Trinajstić information content (AvgIpc) is 3.11. The standard InChI is InChI=1S/C21H29NO3/c23-18-12-14-22-13-6-10-17(22)20(18)21(24)25-19-11-5-4-9-16(19)15-7-2-1-3-8-15/h1-3,7-8,16-20,23H,4-6,9-14H2/t16-,17+,18+,19+,20-/m0/s1. The van der Waals surface area contributed by atoms with E-state index in [2.05, 4.69) is 29.2 Å². The predicted molar refractivity (Wildman–Crippen MR) is 96.2 cm³/mol. The number of rotatable bonds is 3. The molecular weight excluding hydrogens is 314 g/mol. The lowest BCUT2D eigenvalue weighted by Gasteiger charge is -2.40. The Bertz CT molecular complexity index is 590. The van der Waals surface area contributed by atoms with Crippen LogP contribution in [0.25, 0.3) is 0 Å². The summed E-state index contributed by atoms with van der Waals surface area (Å²) < 4.78 is 6.05. The lowest BCUT2D eigenvalue weighted by molar-refractivity contribution is -0.166. The van der Waals surface area contributed by atoms with E-state index in [0.717, 1.165) is 45.2 Å². The van der Waals surface area contributed by atoms with Gasteiger partial charge in [-0.2, -0.15) is 0 Å². The van der Waals surface area contributed by atoms with E-state index < -0.39 is 6.10 Å². The van der Waals surface area contributed by atoms with Crippen LogP contribution in [-0.4, -0.2) is 47.3 Å². The molecule has 0 aromatic heterocycles. The number of carbonyl (C=O) groups is 1. The molecule has 2 saturated heterocycles. The first-order valence-electron chi connectivity index (χ1n) is 9.91. The van der Waals surface area contributed by atoms with Gasteiger partial charge in [-0.05, 0) is 50.6 Å². The first-order valence-corrected chi connectivity index (χ1v) is 9.91. The van der Waals surface area contributed by atoms with Crippen LogP contribution in [-0.2, 0) is 9.53 Å². The molecule has 0 spiro atoms. The maximum absolute atomic E-state index is 13.0. The van der Waals surface area contributed by atoms with Gasteiger partial charge in [0.1, 0.15) is 6.10 Å². The molecule has 0 amide bonds. The van der Waals surface area contributed by atoms with E-state index in [1.807, 2.05) is 6.07 Å². The van der Waals surface area contributed by atoms with E-state index in [-0.39, 0.29) is 24.0 Å². The fourth-order valence-corrected chi connectivity index (χ4v) is 5.13.